The molecule has 1 aromatic rings. The lowest BCUT2D eigenvalue weighted by molar-refractivity contribution is -0.0209. The van der Waals surface area contributed by atoms with E-state index in [0.29, 0.717) is 11.3 Å². The average molecular weight is 454 g/mol. The number of hydrogen-bond acceptors (Lipinski definition) is 7. The first kappa shape index (κ1) is 27.9. The van der Waals surface area contributed by atoms with E-state index < -0.39 is 18.3 Å². The van der Waals surface area contributed by atoms with Gasteiger partial charge in [-0.25, -0.2) is 0 Å². The van der Waals surface area contributed by atoms with Crippen molar-refractivity contribution in [3.63, 3.8) is 0 Å². The van der Waals surface area contributed by atoms with Crippen molar-refractivity contribution in [3.8, 4) is 5.75 Å². The number of likely N-dealkylation sites (N-methyl/N-ethyl adjacent to an activating group) is 2. The predicted molar refractivity (Wildman–Crippen MR) is 117 cm³/mol. The first-order chi connectivity index (χ1) is 12.9. The molecule has 0 unspecified atom stereocenters. The lowest BCUT2D eigenvalue weighted by Gasteiger charge is -2.31. The summed E-state index contributed by atoms with van der Waals surface area (Å²) in [5.41, 5.74) is 0.519. The Bertz CT molecular complexity index is 606. The number of ether oxygens (including phenoxy) is 2. The van der Waals surface area contributed by atoms with Gasteiger partial charge >= 0.3 is 0 Å². The van der Waals surface area contributed by atoms with E-state index in [0.717, 1.165) is 13.1 Å². The van der Waals surface area contributed by atoms with Gasteiger partial charge in [-0.1, -0.05) is 0 Å². The molecule has 0 saturated carbocycles. The summed E-state index contributed by atoms with van der Waals surface area (Å²) in [6.07, 6.45) is -1.88. The molecule has 0 aliphatic carbocycles. The number of aliphatic hydroxyl groups is 2. The lowest BCUT2D eigenvalue weighted by Crippen LogP contribution is -2.51. The Morgan fingerprint density at radius 3 is 2.28 bits per heavy atom. The number of hydrogen-bond donors (Lipinski definition) is 3. The van der Waals surface area contributed by atoms with E-state index in [1.54, 1.807) is 31.4 Å². The molecular formula is C19H33Cl2N3O5. The molecule has 1 aliphatic rings. The Balaban J connectivity index is 0.00000392. The summed E-state index contributed by atoms with van der Waals surface area (Å²) in [5, 5.41) is 22.9. The van der Waals surface area contributed by atoms with Crippen LogP contribution in [0.25, 0.3) is 0 Å². The second-order valence-corrected chi connectivity index (χ2v) is 7.10. The number of halogens is 2. The fourth-order valence-electron chi connectivity index (χ4n) is 3.23. The van der Waals surface area contributed by atoms with Crippen molar-refractivity contribution in [2.45, 2.75) is 24.4 Å². The molecule has 29 heavy (non-hydrogen) atoms. The minimum Gasteiger partial charge on any atom is -0.497 e. The molecule has 1 heterocycles. The van der Waals surface area contributed by atoms with Crippen molar-refractivity contribution in [1.82, 2.24) is 15.1 Å². The number of methoxy groups -OCH3 is 1. The zero-order valence-electron chi connectivity index (χ0n) is 17.3. The standard InChI is InChI=1S/C19H31N3O5.2ClH/c1-21(2)9-10-22(3)17-15(27-16(12-23)18(17)24)11-20-19(25)13-5-7-14(26-4)8-6-13;;/h5-8,15-18,23-24H,9-12H2,1-4H3,(H,20,25);2*1H/t15-,16+,17+,18-;;/m1../s1. The second-order valence-electron chi connectivity index (χ2n) is 7.10. The monoisotopic (exact) mass is 453 g/mol. The van der Waals surface area contributed by atoms with Crippen LogP contribution in [0, 0.1) is 0 Å². The largest absolute Gasteiger partial charge is 0.497 e. The van der Waals surface area contributed by atoms with Crippen LogP contribution in [-0.4, -0.2) is 105 Å². The van der Waals surface area contributed by atoms with Crippen LogP contribution in [0.3, 0.4) is 0 Å². The average Bonchev–Trinajstić information content (AvgIpc) is 2.99. The van der Waals surface area contributed by atoms with Gasteiger partial charge in [0.2, 0.25) is 0 Å². The zero-order chi connectivity index (χ0) is 20.0. The van der Waals surface area contributed by atoms with E-state index >= 15 is 0 Å². The van der Waals surface area contributed by atoms with Crippen molar-refractivity contribution < 1.29 is 24.5 Å². The van der Waals surface area contributed by atoms with E-state index in [1.165, 1.54) is 0 Å². The minimum absolute atomic E-state index is 0. The van der Waals surface area contributed by atoms with Gasteiger partial charge in [0, 0.05) is 25.2 Å². The van der Waals surface area contributed by atoms with Crippen LogP contribution in [0.2, 0.25) is 0 Å². The van der Waals surface area contributed by atoms with Crippen LogP contribution in [0.1, 0.15) is 10.4 Å². The number of carbonyl (C=O) groups is 1. The smallest absolute Gasteiger partial charge is 0.251 e. The Morgan fingerprint density at radius 1 is 1.14 bits per heavy atom. The molecule has 1 amide bonds. The van der Waals surface area contributed by atoms with Gasteiger partial charge in [0.25, 0.3) is 5.91 Å². The third-order valence-corrected chi connectivity index (χ3v) is 4.87. The van der Waals surface area contributed by atoms with Crippen molar-refractivity contribution in [2.24, 2.45) is 0 Å². The zero-order valence-corrected chi connectivity index (χ0v) is 18.9. The summed E-state index contributed by atoms with van der Waals surface area (Å²) in [6, 6.07) is 6.53. The highest BCUT2D eigenvalue weighted by Crippen LogP contribution is 2.25. The predicted octanol–water partition coefficient (Wildman–Crippen LogP) is 0.251. The maximum atomic E-state index is 12.4. The summed E-state index contributed by atoms with van der Waals surface area (Å²) in [5.74, 6) is 0.458. The Morgan fingerprint density at radius 2 is 1.76 bits per heavy atom. The van der Waals surface area contributed by atoms with Gasteiger partial charge in [0.1, 0.15) is 18.0 Å². The van der Waals surface area contributed by atoms with Crippen molar-refractivity contribution in [3.05, 3.63) is 29.8 Å². The van der Waals surface area contributed by atoms with Gasteiger partial charge in [0.05, 0.1) is 25.9 Å². The minimum atomic E-state index is -0.815. The molecule has 2 rings (SSSR count). The first-order valence-electron chi connectivity index (χ1n) is 9.09. The number of carbonyl (C=O) groups excluding carboxylic acids is 1. The van der Waals surface area contributed by atoms with Gasteiger partial charge in [0.15, 0.2) is 0 Å². The van der Waals surface area contributed by atoms with Crippen LogP contribution >= 0.6 is 24.8 Å². The highest BCUT2D eigenvalue weighted by atomic mass is 35.5. The SMILES string of the molecule is COc1ccc(C(=O)NC[C@H]2O[C@@H](CO)[C@@H](O)[C@H]2N(C)CCN(C)C)cc1.Cl.Cl. The summed E-state index contributed by atoms with van der Waals surface area (Å²) < 4.78 is 10.9. The molecule has 0 radical (unpaired) electrons. The molecule has 0 bridgehead atoms. The topological polar surface area (TPSA) is 94.5 Å². The highest BCUT2D eigenvalue weighted by molar-refractivity contribution is 5.94. The molecule has 4 atom stereocenters. The molecule has 1 saturated heterocycles. The number of aliphatic hydroxyl groups excluding tert-OH is 2. The quantitative estimate of drug-likeness (QED) is 0.493. The van der Waals surface area contributed by atoms with Crippen molar-refractivity contribution in [1.29, 1.82) is 0 Å². The fraction of sp³-hybridized carbons (Fsp3) is 0.632. The Hall–Kier alpha value is -1.13. The van der Waals surface area contributed by atoms with Gasteiger partial charge in [-0.15, -0.1) is 24.8 Å². The second kappa shape index (κ2) is 13.2. The number of benzene rings is 1. The Labute approximate surface area is 185 Å². The van der Waals surface area contributed by atoms with E-state index in [-0.39, 0.29) is 49.9 Å². The molecule has 1 aromatic carbocycles. The third-order valence-electron chi connectivity index (χ3n) is 4.87. The molecule has 8 nitrogen and oxygen atoms in total. The lowest BCUT2D eigenvalue weighted by atomic mass is 10.0. The van der Waals surface area contributed by atoms with E-state index in [2.05, 4.69) is 10.2 Å². The summed E-state index contributed by atoms with van der Waals surface area (Å²) >= 11 is 0. The molecule has 168 valence electrons. The highest BCUT2D eigenvalue weighted by Gasteiger charge is 2.45. The van der Waals surface area contributed by atoms with Crippen LogP contribution in [-0.2, 0) is 4.74 Å². The van der Waals surface area contributed by atoms with Crippen LogP contribution in [0.5, 0.6) is 5.75 Å². The molecular weight excluding hydrogens is 421 g/mol. The molecule has 3 N–H and O–H groups in total. The van der Waals surface area contributed by atoms with Gasteiger partial charge in [-0.2, -0.15) is 0 Å². The Kier molecular flexibility index (Phi) is 12.7. The molecule has 1 fully saturated rings. The number of rotatable bonds is 9. The van der Waals surface area contributed by atoms with Crippen LogP contribution in [0.4, 0.5) is 0 Å². The van der Waals surface area contributed by atoms with Crippen molar-refractivity contribution >= 4 is 30.7 Å². The van der Waals surface area contributed by atoms with Gasteiger partial charge in [-0.05, 0) is 45.4 Å². The number of nitrogens with zero attached hydrogens (tertiary/aromatic N) is 2. The van der Waals surface area contributed by atoms with E-state index in [1.807, 2.05) is 26.0 Å². The summed E-state index contributed by atoms with van der Waals surface area (Å²) in [4.78, 5) is 16.5. The maximum Gasteiger partial charge on any atom is 0.251 e. The fourth-order valence-corrected chi connectivity index (χ4v) is 3.23. The van der Waals surface area contributed by atoms with Gasteiger partial charge < -0.3 is 29.9 Å². The maximum absolute atomic E-state index is 12.4. The third kappa shape index (κ3) is 7.57. The number of amides is 1. The normalized spacial score (nSPS) is 23.4. The summed E-state index contributed by atoms with van der Waals surface area (Å²) in [7, 11) is 7.46. The molecule has 0 aromatic heterocycles. The van der Waals surface area contributed by atoms with Crippen LogP contribution in [0.15, 0.2) is 24.3 Å². The first-order valence-corrected chi connectivity index (χ1v) is 9.09. The molecule has 0 spiro atoms. The van der Waals surface area contributed by atoms with Gasteiger partial charge in [-0.3, -0.25) is 9.69 Å². The van der Waals surface area contributed by atoms with E-state index in [4.69, 9.17) is 9.47 Å². The van der Waals surface area contributed by atoms with Crippen LogP contribution < -0.4 is 10.1 Å². The van der Waals surface area contributed by atoms with Crippen molar-refractivity contribution in [2.75, 3.05) is 54.5 Å². The van der Waals surface area contributed by atoms with E-state index in [9.17, 15) is 15.0 Å². The number of nitrogens with one attached hydrogen (secondary N) is 1. The molecule has 1 aliphatic heterocycles. The summed E-state index contributed by atoms with van der Waals surface area (Å²) in [6.45, 7) is 1.55. The molecule has 10 heteroatoms.